The third-order valence-corrected chi connectivity index (χ3v) is 3.97. The van der Waals surface area contributed by atoms with Crippen molar-refractivity contribution in [1.29, 1.82) is 0 Å². The third kappa shape index (κ3) is 1.68. The zero-order valence-electron chi connectivity index (χ0n) is 10.6. The van der Waals surface area contributed by atoms with Gasteiger partial charge in [0.05, 0.1) is 23.2 Å². The van der Waals surface area contributed by atoms with Crippen LogP contribution in [0.1, 0.15) is 37.3 Å². The van der Waals surface area contributed by atoms with Gasteiger partial charge in [-0.2, -0.15) is 0 Å². The van der Waals surface area contributed by atoms with Crippen LogP contribution in [0.3, 0.4) is 0 Å². The van der Waals surface area contributed by atoms with E-state index in [-0.39, 0.29) is 12.1 Å². The van der Waals surface area contributed by atoms with Crippen LogP contribution < -0.4 is 5.73 Å². The molecule has 2 unspecified atom stereocenters. The van der Waals surface area contributed by atoms with Crippen LogP contribution in [0, 0.1) is 6.92 Å². The van der Waals surface area contributed by atoms with Crippen molar-refractivity contribution in [2.45, 2.75) is 44.8 Å². The Morgan fingerprint density at radius 1 is 1.33 bits per heavy atom. The number of rotatable bonds is 1. The molecule has 1 aromatic carbocycles. The number of imidazole rings is 1. The summed E-state index contributed by atoms with van der Waals surface area (Å²) in [6.07, 6.45) is 3.77. The van der Waals surface area contributed by atoms with Crippen LogP contribution in [0.5, 0.6) is 0 Å². The van der Waals surface area contributed by atoms with Gasteiger partial charge in [0.25, 0.3) is 0 Å². The first kappa shape index (κ1) is 11.5. The Labute approximate surface area is 106 Å². The normalized spacial score (nSPS) is 24.6. The summed E-state index contributed by atoms with van der Waals surface area (Å²) in [5.41, 5.74) is 9.18. The van der Waals surface area contributed by atoms with Crippen molar-refractivity contribution in [3.05, 3.63) is 23.8 Å². The number of hydrogen-bond donors (Lipinski definition) is 2. The molecule has 1 aliphatic carbocycles. The van der Waals surface area contributed by atoms with Crippen molar-refractivity contribution in [2.75, 3.05) is 5.73 Å². The number of nitrogen functional groups attached to an aromatic ring is 1. The molecule has 0 saturated heterocycles. The van der Waals surface area contributed by atoms with Gasteiger partial charge in [0, 0.05) is 0 Å². The van der Waals surface area contributed by atoms with Gasteiger partial charge in [0.1, 0.15) is 0 Å². The van der Waals surface area contributed by atoms with Crippen LogP contribution in [0.15, 0.2) is 18.2 Å². The van der Waals surface area contributed by atoms with Gasteiger partial charge in [-0.15, -0.1) is 0 Å². The molecule has 3 N–H and O–H groups in total. The van der Waals surface area contributed by atoms with Crippen molar-refractivity contribution in [3.63, 3.8) is 0 Å². The minimum absolute atomic E-state index is 0.0746. The highest BCUT2D eigenvalue weighted by Gasteiger charge is 2.27. The average molecular weight is 245 g/mol. The molecular weight excluding hydrogens is 226 g/mol. The molecule has 0 amide bonds. The van der Waals surface area contributed by atoms with Crippen molar-refractivity contribution in [2.24, 2.45) is 0 Å². The van der Waals surface area contributed by atoms with E-state index in [0.717, 1.165) is 42.3 Å². The molecule has 1 aromatic heterocycles. The van der Waals surface area contributed by atoms with Gasteiger partial charge >= 0.3 is 0 Å². The van der Waals surface area contributed by atoms with E-state index in [2.05, 4.69) is 4.98 Å². The number of hydrogen-bond acceptors (Lipinski definition) is 3. The van der Waals surface area contributed by atoms with Crippen molar-refractivity contribution >= 4 is 17.0 Å². The summed E-state index contributed by atoms with van der Waals surface area (Å²) in [6.45, 7) is 2.04. The second kappa shape index (κ2) is 4.28. The highest BCUT2D eigenvalue weighted by molar-refractivity contribution is 5.81. The molecule has 96 valence electrons. The number of aryl methyl sites for hydroxylation is 1. The monoisotopic (exact) mass is 245 g/mol. The van der Waals surface area contributed by atoms with E-state index in [1.54, 1.807) is 0 Å². The lowest BCUT2D eigenvalue weighted by Crippen LogP contribution is -2.28. The van der Waals surface area contributed by atoms with E-state index in [1.807, 2.05) is 29.7 Å². The Kier molecular flexibility index (Phi) is 2.74. The lowest BCUT2D eigenvalue weighted by atomic mass is 9.92. The second-order valence-corrected chi connectivity index (χ2v) is 5.20. The summed E-state index contributed by atoms with van der Waals surface area (Å²) >= 11 is 0. The summed E-state index contributed by atoms with van der Waals surface area (Å²) in [6, 6.07) is 6.17. The van der Waals surface area contributed by atoms with E-state index in [4.69, 9.17) is 5.73 Å². The first-order valence-corrected chi connectivity index (χ1v) is 6.59. The smallest absolute Gasteiger partial charge is 0.201 e. The van der Waals surface area contributed by atoms with E-state index in [0.29, 0.717) is 5.95 Å². The molecule has 1 aliphatic rings. The molecule has 3 rings (SSSR count). The number of aromatic nitrogens is 2. The highest BCUT2D eigenvalue weighted by atomic mass is 16.3. The van der Waals surface area contributed by atoms with Crippen LogP contribution in [-0.2, 0) is 0 Å². The Morgan fingerprint density at radius 2 is 2.11 bits per heavy atom. The number of para-hydroxylation sites is 1. The second-order valence-electron chi connectivity index (χ2n) is 5.20. The molecule has 2 atom stereocenters. The number of nitrogens with zero attached hydrogens (tertiary/aromatic N) is 2. The molecule has 0 aliphatic heterocycles. The molecule has 1 saturated carbocycles. The molecule has 0 spiro atoms. The van der Waals surface area contributed by atoms with Gasteiger partial charge in [-0.25, -0.2) is 4.98 Å². The van der Waals surface area contributed by atoms with Gasteiger partial charge in [-0.05, 0) is 31.4 Å². The predicted molar refractivity (Wildman–Crippen MR) is 72.4 cm³/mol. The number of nitrogens with two attached hydrogens (primary N) is 1. The topological polar surface area (TPSA) is 64.1 Å². The molecule has 0 bridgehead atoms. The number of aliphatic hydroxyl groups excluding tert-OH is 1. The van der Waals surface area contributed by atoms with Crippen molar-refractivity contribution < 1.29 is 5.11 Å². The maximum atomic E-state index is 10.2. The van der Waals surface area contributed by atoms with E-state index >= 15 is 0 Å². The van der Waals surface area contributed by atoms with Gasteiger partial charge in [-0.1, -0.05) is 25.0 Å². The fourth-order valence-electron chi connectivity index (χ4n) is 3.02. The molecule has 2 aromatic rings. The Morgan fingerprint density at radius 3 is 2.89 bits per heavy atom. The minimum Gasteiger partial charge on any atom is -0.391 e. The van der Waals surface area contributed by atoms with Crippen LogP contribution in [-0.4, -0.2) is 20.8 Å². The fourth-order valence-corrected chi connectivity index (χ4v) is 3.02. The van der Waals surface area contributed by atoms with E-state index in [1.165, 1.54) is 0 Å². The summed E-state index contributed by atoms with van der Waals surface area (Å²) in [5, 5.41) is 10.2. The predicted octanol–water partition coefficient (Wildman–Crippen LogP) is 2.40. The largest absolute Gasteiger partial charge is 0.391 e. The first-order valence-electron chi connectivity index (χ1n) is 6.59. The van der Waals surface area contributed by atoms with Crippen molar-refractivity contribution in [3.8, 4) is 0 Å². The van der Waals surface area contributed by atoms with Crippen LogP contribution in [0.2, 0.25) is 0 Å². The van der Waals surface area contributed by atoms with Gasteiger partial charge in [-0.3, -0.25) is 0 Å². The molecule has 1 heterocycles. The van der Waals surface area contributed by atoms with Crippen LogP contribution in [0.25, 0.3) is 11.0 Å². The van der Waals surface area contributed by atoms with Crippen LogP contribution in [0.4, 0.5) is 5.95 Å². The summed E-state index contributed by atoms with van der Waals surface area (Å²) in [7, 11) is 0. The van der Waals surface area contributed by atoms with Gasteiger partial charge in [0.2, 0.25) is 5.95 Å². The van der Waals surface area contributed by atoms with E-state index in [9.17, 15) is 5.11 Å². The average Bonchev–Trinajstić information content (AvgIpc) is 2.68. The van der Waals surface area contributed by atoms with Crippen molar-refractivity contribution in [1.82, 2.24) is 9.55 Å². The summed E-state index contributed by atoms with van der Waals surface area (Å²) in [5.74, 6) is 0.519. The lowest BCUT2D eigenvalue weighted by molar-refractivity contribution is 0.0783. The third-order valence-electron chi connectivity index (χ3n) is 3.97. The Hall–Kier alpha value is -1.55. The van der Waals surface area contributed by atoms with E-state index < -0.39 is 0 Å². The van der Waals surface area contributed by atoms with Crippen LogP contribution >= 0.6 is 0 Å². The maximum Gasteiger partial charge on any atom is 0.201 e. The van der Waals surface area contributed by atoms with Gasteiger partial charge in [0.15, 0.2) is 0 Å². The zero-order valence-corrected chi connectivity index (χ0v) is 10.6. The number of aliphatic hydroxyl groups is 1. The molecule has 4 nitrogen and oxygen atoms in total. The molecule has 18 heavy (non-hydrogen) atoms. The Balaban J connectivity index is 2.16. The summed E-state index contributed by atoms with van der Waals surface area (Å²) in [4.78, 5) is 4.45. The molecule has 0 radical (unpaired) electrons. The minimum atomic E-state index is -0.307. The molecular formula is C14H19N3O. The summed E-state index contributed by atoms with van der Waals surface area (Å²) < 4.78 is 2.02. The quantitative estimate of drug-likeness (QED) is 0.811. The maximum absolute atomic E-state index is 10.2. The number of benzene rings is 1. The fraction of sp³-hybridized carbons (Fsp3) is 0.500. The molecule has 4 heteroatoms. The SMILES string of the molecule is Cc1cccc2c1nc(N)n2C1CCCCC1O. The standard InChI is InChI=1S/C14H19N3O/c1-9-5-4-7-11-13(9)16-14(15)17(11)10-6-2-3-8-12(10)18/h4-5,7,10,12,18H,2-3,6,8H2,1H3,(H2,15,16). The zero-order chi connectivity index (χ0) is 12.7. The molecule has 1 fully saturated rings. The Bertz CT molecular complexity index is 576. The number of fused-ring (bicyclic) bond motifs is 1. The highest BCUT2D eigenvalue weighted by Crippen LogP contribution is 2.34. The number of anilines is 1. The lowest BCUT2D eigenvalue weighted by Gasteiger charge is -2.29. The van der Waals surface area contributed by atoms with Gasteiger partial charge < -0.3 is 15.4 Å². The first-order chi connectivity index (χ1) is 8.68.